The zero-order chi connectivity index (χ0) is 11.5. The van der Waals surface area contributed by atoms with Gasteiger partial charge in [-0.2, -0.15) is 0 Å². The third-order valence-electron chi connectivity index (χ3n) is 2.79. The van der Waals surface area contributed by atoms with Crippen LogP contribution in [-0.4, -0.2) is 14.5 Å². The Morgan fingerprint density at radius 1 is 1.44 bits per heavy atom. The van der Waals surface area contributed by atoms with E-state index in [1.165, 1.54) is 5.56 Å². The first-order chi connectivity index (χ1) is 7.74. The normalized spacial score (nSPS) is 12.7. The Bertz CT molecular complexity index is 475. The summed E-state index contributed by atoms with van der Waals surface area (Å²) >= 11 is 0. The molecular formula is C12H16N4. The summed E-state index contributed by atoms with van der Waals surface area (Å²) < 4.78 is 1.95. The maximum absolute atomic E-state index is 6.23. The van der Waals surface area contributed by atoms with Crippen LogP contribution in [0, 0.1) is 0 Å². The number of hydrogen-bond donors (Lipinski definition) is 1. The summed E-state index contributed by atoms with van der Waals surface area (Å²) in [6.45, 7) is 2.10. The first kappa shape index (κ1) is 10.8. The minimum absolute atomic E-state index is 0.182. The maximum Gasteiger partial charge on any atom is 0.129 e. The zero-order valence-electron chi connectivity index (χ0n) is 9.59. The lowest BCUT2D eigenvalue weighted by atomic mass is 10.0. The van der Waals surface area contributed by atoms with Gasteiger partial charge in [-0.3, -0.25) is 4.98 Å². The van der Waals surface area contributed by atoms with Crippen LogP contribution >= 0.6 is 0 Å². The van der Waals surface area contributed by atoms with Crippen LogP contribution in [0.15, 0.2) is 30.9 Å². The van der Waals surface area contributed by atoms with E-state index in [0.29, 0.717) is 0 Å². The molecule has 0 aliphatic rings. The highest BCUT2D eigenvalue weighted by Gasteiger charge is 2.15. The summed E-state index contributed by atoms with van der Waals surface area (Å²) in [5, 5.41) is 0. The summed E-state index contributed by atoms with van der Waals surface area (Å²) in [7, 11) is 1.95. The molecule has 2 rings (SSSR count). The number of pyridine rings is 1. The predicted octanol–water partition coefficient (Wildman–Crippen LogP) is 1.43. The molecule has 0 fully saturated rings. The van der Waals surface area contributed by atoms with E-state index in [2.05, 4.69) is 16.9 Å². The highest BCUT2D eigenvalue weighted by molar-refractivity contribution is 5.30. The molecule has 84 valence electrons. The Hall–Kier alpha value is -1.68. The number of nitrogens with two attached hydrogens (primary N) is 1. The lowest BCUT2D eigenvalue weighted by Crippen LogP contribution is -2.18. The second-order valence-electron chi connectivity index (χ2n) is 3.80. The van der Waals surface area contributed by atoms with Crippen molar-refractivity contribution in [3.8, 4) is 0 Å². The maximum atomic E-state index is 6.23. The van der Waals surface area contributed by atoms with E-state index < -0.39 is 0 Å². The van der Waals surface area contributed by atoms with Crippen LogP contribution in [0.5, 0.6) is 0 Å². The molecule has 2 heterocycles. The molecule has 1 atom stereocenters. The van der Waals surface area contributed by atoms with Crippen LogP contribution in [0.3, 0.4) is 0 Å². The molecule has 4 heteroatoms. The van der Waals surface area contributed by atoms with Gasteiger partial charge < -0.3 is 10.3 Å². The molecule has 16 heavy (non-hydrogen) atoms. The van der Waals surface area contributed by atoms with Crippen LogP contribution in [0.2, 0.25) is 0 Å². The van der Waals surface area contributed by atoms with Gasteiger partial charge >= 0.3 is 0 Å². The lowest BCUT2D eigenvalue weighted by Gasteiger charge is -2.15. The lowest BCUT2D eigenvalue weighted by molar-refractivity contribution is 0.709. The summed E-state index contributed by atoms with van der Waals surface area (Å²) in [5.74, 6) is 0.876. The summed E-state index contributed by atoms with van der Waals surface area (Å²) in [6, 6.07) is 1.79. The van der Waals surface area contributed by atoms with Crippen molar-refractivity contribution in [3.05, 3.63) is 47.8 Å². The Morgan fingerprint density at radius 2 is 2.25 bits per heavy atom. The molecule has 2 aromatic rings. The molecule has 0 aliphatic carbocycles. The van der Waals surface area contributed by atoms with Crippen molar-refractivity contribution in [3.63, 3.8) is 0 Å². The van der Waals surface area contributed by atoms with Gasteiger partial charge in [-0.05, 0) is 23.6 Å². The Labute approximate surface area is 95.1 Å². The van der Waals surface area contributed by atoms with Gasteiger partial charge in [0.05, 0.1) is 6.04 Å². The van der Waals surface area contributed by atoms with Crippen molar-refractivity contribution in [2.24, 2.45) is 12.8 Å². The molecule has 1 unspecified atom stereocenters. The molecule has 0 aliphatic heterocycles. The highest BCUT2D eigenvalue weighted by Crippen LogP contribution is 2.20. The second kappa shape index (κ2) is 4.45. The monoisotopic (exact) mass is 216 g/mol. The first-order valence-electron chi connectivity index (χ1n) is 5.39. The van der Waals surface area contributed by atoms with Crippen molar-refractivity contribution in [1.29, 1.82) is 0 Å². The summed E-state index contributed by atoms with van der Waals surface area (Å²) in [5.41, 5.74) is 8.51. The molecule has 2 N–H and O–H groups in total. The molecule has 0 radical (unpaired) electrons. The average Bonchev–Trinajstić information content (AvgIpc) is 2.74. The van der Waals surface area contributed by atoms with Gasteiger partial charge in [0.1, 0.15) is 5.82 Å². The molecule has 0 saturated heterocycles. The number of rotatable bonds is 3. The van der Waals surface area contributed by atoms with E-state index in [1.54, 1.807) is 12.4 Å². The van der Waals surface area contributed by atoms with Crippen LogP contribution < -0.4 is 5.73 Å². The van der Waals surface area contributed by atoms with Crippen molar-refractivity contribution < 1.29 is 0 Å². The van der Waals surface area contributed by atoms with Crippen LogP contribution in [0.1, 0.15) is 29.9 Å². The number of hydrogen-bond acceptors (Lipinski definition) is 3. The third kappa shape index (κ3) is 1.84. The SMILES string of the molecule is CCc1cnccc1C(N)c1nccn1C. The van der Waals surface area contributed by atoms with Gasteiger partial charge in [0, 0.05) is 31.8 Å². The number of nitrogens with zero attached hydrogens (tertiary/aromatic N) is 3. The molecular weight excluding hydrogens is 200 g/mol. The largest absolute Gasteiger partial charge is 0.336 e. The van der Waals surface area contributed by atoms with E-state index in [9.17, 15) is 0 Å². The van der Waals surface area contributed by atoms with Crippen molar-refractivity contribution in [2.75, 3.05) is 0 Å². The first-order valence-corrected chi connectivity index (χ1v) is 5.39. The minimum atomic E-state index is -0.182. The molecule has 0 aromatic carbocycles. The predicted molar refractivity (Wildman–Crippen MR) is 62.9 cm³/mol. The third-order valence-corrected chi connectivity index (χ3v) is 2.79. The number of aryl methyl sites for hydroxylation is 2. The minimum Gasteiger partial charge on any atom is -0.336 e. The van der Waals surface area contributed by atoms with Crippen molar-refractivity contribution in [2.45, 2.75) is 19.4 Å². The number of aromatic nitrogens is 3. The Kier molecular flexibility index (Phi) is 3.01. The highest BCUT2D eigenvalue weighted by atomic mass is 15.1. The van der Waals surface area contributed by atoms with Gasteiger partial charge in [0.2, 0.25) is 0 Å². The van der Waals surface area contributed by atoms with E-state index in [0.717, 1.165) is 17.8 Å². The summed E-state index contributed by atoms with van der Waals surface area (Å²) in [6.07, 6.45) is 8.25. The Balaban J connectivity index is 2.41. The van der Waals surface area contributed by atoms with Gasteiger partial charge in [-0.1, -0.05) is 6.92 Å². The number of imidazole rings is 1. The van der Waals surface area contributed by atoms with Crippen LogP contribution in [0.4, 0.5) is 0 Å². The van der Waals surface area contributed by atoms with Gasteiger partial charge in [-0.15, -0.1) is 0 Å². The van der Waals surface area contributed by atoms with Gasteiger partial charge in [-0.25, -0.2) is 4.98 Å². The van der Waals surface area contributed by atoms with Crippen LogP contribution in [-0.2, 0) is 13.5 Å². The van der Waals surface area contributed by atoms with E-state index >= 15 is 0 Å². The van der Waals surface area contributed by atoms with Crippen LogP contribution in [0.25, 0.3) is 0 Å². The van der Waals surface area contributed by atoms with Gasteiger partial charge in [0.25, 0.3) is 0 Å². The van der Waals surface area contributed by atoms with E-state index in [4.69, 9.17) is 5.73 Å². The topological polar surface area (TPSA) is 56.7 Å². The molecule has 0 bridgehead atoms. The zero-order valence-corrected chi connectivity index (χ0v) is 9.59. The molecule has 2 aromatic heterocycles. The fourth-order valence-electron chi connectivity index (χ4n) is 1.85. The fraction of sp³-hybridized carbons (Fsp3) is 0.333. The smallest absolute Gasteiger partial charge is 0.129 e. The molecule has 4 nitrogen and oxygen atoms in total. The van der Waals surface area contributed by atoms with Crippen molar-refractivity contribution >= 4 is 0 Å². The van der Waals surface area contributed by atoms with Crippen molar-refractivity contribution in [1.82, 2.24) is 14.5 Å². The Morgan fingerprint density at radius 3 is 2.88 bits per heavy atom. The van der Waals surface area contributed by atoms with E-state index in [-0.39, 0.29) is 6.04 Å². The fourth-order valence-corrected chi connectivity index (χ4v) is 1.85. The summed E-state index contributed by atoms with van der Waals surface area (Å²) in [4.78, 5) is 8.40. The quantitative estimate of drug-likeness (QED) is 0.844. The molecule has 0 saturated carbocycles. The van der Waals surface area contributed by atoms with E-state index in [1.807, 2.05) is 30.1 Å². The second-order valence-corrected chi connectivity index (χ2v) is 3.80. The van der Waals surface area contributed by atoms with Gasteiger partial charge in [0.15, 0.2) is 0 Å². The average molecular weight is 216 g/mol. The molecule has 0 spiro atoms. The standard InChI is InChI=1S/C12H16N4/c1-3-9-8-14-5-4-10(9)11(13)12-15-6-7-16(12)2/h4-8,11H,3,13H2,1-2H3. The molecule has 0 amide bonds.